The molecule has 3 N–H and O–H groups in total. The van der Waals surface area contributed by atoms with Gasteiger partial charge < -0.3 is 15.6 Å². The number of methoxy groups -OCH3 is 1. The molecule has 0 bridgehead atoms. The van der Waals surface area contributed by atoms with Gasteiger partial charge in [-0.3, -0.25) is 9.59 Å². The van der Waals surface area contributed by atoms with Crippen molar-refractivity contribution >= 4 is 29.4 Å². The summed E-state index contributed by atoms with van der Waals surface area (Å²) in [7, 11) is 1.41. The molecule has 0 fully saturated rings. The highest BCUT2D eigenvalue weighted by atomic mass is 32.1. The van der Waals surface area contributed by atoms with Gasteiger partial charge in [0.05, 0.1) is 17.8 Å². The molecule has 1 aromatic rings. The molecule has 0 aliphatic heterocycles. The molecule has 0 unspecified atom stereocenters. The lowest BCUT2D eigenvalue weighted by molar-refractivity contribution is -0.141. The van der Waals surface area contributed by atoms with Crippen molar-refractivity contribution in [3.05, 3.63) is 22.7 Å². The Morgan fingerprint density at radius 2 is 1.92 bits per heavy atom. The van der Waals surface area contributed by atoms with Crippen LogP contribution < -0.4 is 5.73 Å². The monoisotopic (exact) mass is 386 g/mol. The molecule has 150 valence electrons. The van der Waals surface area contributed by atoms with E-state index in [0.29, 0.717) is 18.3 Å². The van der Waals surface area contributed by atoms with Crippen molar-refractivity contribution in [2.24, 2.45) is 17.6 Å². The molecule has 0 radical (unpaired) electrons. The number of carbonyl (C=O) groups excluding carboxylic acids is 1. The Labute approximate surface area is 161 Å². The third-order valence-electron chi connectivity index (χ3n) is 3.13. The average molecular weight is 387 g/mol. The molecule has 6 nitrogen and oxygen atoms in total. The van der Waals surface area contributed by atoms with E-state index in [1.54, 1.807) is 17.4 Å². The van der Waals surface area contributed by atoms with Crippen LogP contribution in [0.1, 0.15) is 58.2 Å². The van der Waals surface area contributed by atoms with Crippen LogP contribution in [0.2, 0.25) is 0 Å². The first kappa shape index (κ1) is 26.5. The first-order valence-corrected chi connectivity index (χ1v) is 9.50. The molecule has 0 saturated carbocycles. The van der Waals surface area contributed by atoms with Crippen LogP contribution in [0.5, 0.6) is 0 Å². The molecule has 0 spiro atoms. The van der Waals surface area contributed by atoms with Crippen LogP contribution in [0.3, 0.4) is 0 Å². The van der Waals surface area contributed by atoms with Crippen molar-refractivity contribution < 1.29 is 19.4 Å². The summed E-state index contributed by atoms with van der Waals surface area (Å²) >= 11 is 1.69. The molecule has 0 aromatic carbocycles. The van der Waals surface area contributed by atoms with Gasteiger partial charge in [-0.2, -0.15) is 0 Å². The molecule has 0 amide bonds. The van der Waals surface area contributed by atoms with Crippen LogP contribution >= 0.6 is 11.3 Å². The van der Waals surface area contributed by atoms with E-state index < -0.39 is 5.97 Å². The first-order chi connectivity index (χ1) is 12.0. The number of nitrogens with zero attached hydrogens (tertiary/aromatic N) is 1. The molecular weight excluding hydrogens is 352 g/mol. The van der Waals surface area contributed by atoms with Gasteiger partial charge in [-0.15, -0.1) is 11.3 Å². The lowest BCUT2D eigenvalue weighted by Crippen LogP contribution is -2.26. The highest BCUT2D eigenvalue weighted by molar-refractivity contribution is 7.09. The second-order valence-electron chi connectivity index (χ2n) is 6.51. The Kier molecular flexibility index (Phi) is 15.8. The highest BCUT2D eigenvalue weighted by Crippen LogP contribution is 2.14. The summed E-state index contributed by atoms with van der Waals surface area (Å²) in [6.07, 6.45) is 4.30. The minimum absolute atomic E-state index is 0.125. The maximum Gasteiger partial charge on any atom is 0.305 e. The van der Waals surface area contributed by atoms with E-state index >= 15 is 0 Å². The van der Waals surface area contributed by atoms with E-state index in [4.69, 9.17) is 15.6 Å². The topological polar surface area (TPSA) is 103 Å². The van der Waals surface area contributed by atoms with Gasteiger partial charge in [-0.1, -0.05) is 34.3 Å². The van der Waals surface area contributed by atoms with Crippen LogP contribution in [0, 0.1) is 11.8 Å². The van der Waals surface area contributed by atoms with Crippen molar-refractivity contribution in [2.45, 2.75) is 59.9 Å². The highest BCUT2D eigenvalue weighted by Gasteiger charge is 2.08. The van der Waals surface area contributed by atoms with Gasteiger partial charge in [-0.05, 0) is 24.3 Å². The van der Waals surface area contributed by atoms with Gasteiger partial charge in [0, 0.05) is 31.2 Å². The summed E-state index contributed by atoms with van der Waals surface area (Å²) in [6, 6.07) is 0.283. The van der Waals surface area contributed by atoms with E-state index in [-0.39, 0.29) is 12.0 Å². The predicted molar refractivity (Wildman–Crippen MR) is 108 cm³/mol. The number of carbonyl (C=O) groups is 2. The second kappa shape index (κ2) is 15.5. The molecule has 26 heavy (non-hydrogen) atoms. The largest absolute Gasteiger partial charge is 0.481 e. The van der Waals surface area contributed by atoms with E-state index in [2.05, 4.69) is 30.1 Å². The third kappa shape index (κ3) is 17.1. The van der Waals surface area contributed by atoms with Gasteiger partial charge in [0.25, 0.3) is 5.97 Å². The normalized spacial score (nSPS) is 11.0. The number of rotatable bonds is 7. The van der Waals surface area contributed by atoms with Crippen molar-refractivity contribution in [1.82, 2.24) is 4.98 Å². The van der Waals surface area contributed by atoms with Gasteiger partial charge in [0.1, 0.15) is 0 Å². The van der Waals surface area contributed by atoms with E-state index in [0.717, 1.165) is 30.5 Å². The van der Waals surface area contributed by atoms with Gasteiger partial charge >= 0.3 is 5.97 Å². The summed E-state index contributed by atoms with van der Waals surface area (Å²) in [5.41, 5.74) is 6.94. The number of hydrogen-bond acceptors (Lipinski definition) is 6. The third-order valence-corrected chi connectivity index (χ3v) is 4.06. The summed E-state index contributed by atoms with van der Waals surface area (Å²) in [6.45, 7) is 13.0. The summed E-state index contributed by atoms with van der Waals surface area (Å²) in [5.74, 6) is -0.00344. The maximum absolute atomic E-state index is 10.4. The zero-order valence-corrected chi connectivity index (χ0v) is 17.6. The lowest BCUT2D eigenvalue weighted by atomic mass is 10.0. The smallest absolute Gasteiger partial charge is 0.305 e. The fourth-order valence-corrected chi connectivity index (χ4v) is 2.37. The molecule has 0 aliphatic rings. The van der Waals surface area contributed by atoms with Crippen molar-refractivity contribution in [2.75, 3.05) is 7.11 Å². The zero-order valence-electron chi connectivity index (χ0n) is 16.8. The molecule has 7 heteroatoms. The van der Waals surface area contributed by atoms with E-state index in [9.17, 15) is 4.79 Å². The molecular formula is C19H34N2O4S. The number of aliphatic carboxylic acids is 1. The molecule has 0 aliphatic carbocycles. The second-order valence-corrected chi connectivity index (χ2v) is 7.45. The number of aryl methyl sites for hydroxylation is 1. The van der Waals surface area contributed by atoms with Crippen LogP contribution in [0.15, 0.2) is 12.0 Å². The Morgan fingerprint density at radius 3 is 2.23 bits per heavy atom. The lowest BCUT2D eigenvalue weighted by Gasteiger charge is -2.13. The van der Waals surface area contributed by atoms with Crippen LogP contribution in [0.25, 0.3) is 6.08 Å². The Hall–Kier alpha value is -1.73. The number of carboxylic acids is 1. The van der Waals surface area contributed by atoms with Crippen molar-refractivity contribution in [3.63, 3.8) is 0 Å². The number of nitrogens with two attached hydrogens (primary N) is 1. The number of esters is 1. The molecule has 1 rings (SSSR count). The maximum atomic E-state index is 10.4. The van der Waals surface area contributed by atoms with Gasteiger partial charge in [0.2, 0.25) is 0 Å². The van der Waals surface area contributed by atoms with Crippen molar-refractivity contribution in [1.29, 1.82) is 0 Å². The summed E-state index contributed by atoms with van der Waals surface area (Å²) in [4.78, 5) is 23.8. The molecule has 1 aromatic heterocycles. The summed E-state index contributed by atoms with van der Waals surface area (Å²) < 4.78 is 4.42. The Morgan fingerprint density at radius 1 is 1.38 bits per heavy atom. The van der Waals surface area contributed by atoms with E-state index in [1.165, 1.54) is 7.11 Å². The minimum Gasteiger partial charge on any atom is -0.481 e. The van der Waals surface area contributed by atoms with Crippen molar-refractivity contribution in [3.8, 4) is 0 Å². The number of thiazole rings is 1. The average Bonchev–Trinajstić information content (AvgIpc) is 2.99. The minimum atomic E-state index is -0.833. The Bertz CT molecular complexity index is 523. The molecule has 1 heterocycles. The Balaban J connectivity index is 0. The van der Waals surface area contributed by atoms with E-state index in [1.807, 2.05) is 19.2 Å². The fraction of sp³-hybridized carbons (Fsp3) is 0.632. The molecule has 1 atom stereocenters. The zero-order chi connectivity index (χ0) is 20.7. The van der Waals surface area contributed by atoms with Gasteiger partial charge in [0.15, 0.2) is 0 Å². The number of ether oxygens (including phenoxy) is 1. The number of aromatic nitrogens is 1. The van der Waals surface area contributed by atoms with Crippen LogP contribution in [0.4, 0.5) is 0 Å². The first-order valence-electron chi connectivity index (χ1n) is 8.62. The van der Waals surface area contributed by atoms with Gasteiger partial charge in [-0.25, -0.2) is 4.98 Å². The SMILES string of the molecule is C=Cc1csc(CC[C@@H](N)C(C)C)n1.CC(=O)O.COC(=O)CC(C)C. The van der Waals surface area contributed by atoms with Crippen LogP contribution in [-0.4, -0.2) is 35.2 Å². The number of hydrogen-bond donors (Lipinski definition) is 2. The fourth-order valence-electron chi connectivity index (χ4n) is 1.57. The standard InChI is InChI=1S/C11H18N2S.C6H12O2.C2H4O2/c1-4-9-7-14-11(13-9)6-5-10(12)8(2)3;1-5(2)4-6(7)8-3;1-2(3)4/h4,7-8,10H,1,5-6,12H2,2-3H3;5H,4H2,1-3H3;1H3,(H,3,4)/t10-;;/m1../s1. The quantitative estimate of drug-likeness (QED) is 0.687. The van der Waals surface area contributed by atoms with Crippen LogP contribution in [-0.2, 0) is 20.7 Å². The summed E-state index contributed by atoms with van der Waals surface area (Å²) in [5, 5.41) is 10.6. The molecule has 0 saturated heterocycles. The number of carboxylic acid groups (broad SMARTS) is 1. The predicted octanol–water partition coefficient (Wildman–Crippen LogP) is 4.00.